The molecule has 112 valence electrons. The summed E-state index contributed by atoms with van der Waals surface area (Å²) in [5, 5.41) is 8.65. The number of amidine groups is 1. The zero-order chi connectivity index (χ0) is 13.3. The second kappa shape index (κ2) is 4.58. The van der Waals surface area contributed by atoms with Crippen LogP contribution in [0.25, 0.3) is 0 Å². The minimum Gasteiger partial charge on any atom is -0.347 e. The summed E-state index contributed by atoms with van der Waals surface area (Å²) in [7, 11) is 0. The molecule has 0 amide bonds. The molecular weight excluding hydrogens is 324 g/mol. The van der Waals surface area contributed by atoms with E-state index in [2.05, 4.69) is 29.2 Å². The van der Waals surface area contributed by atoms with Gasteiger partial charge in [0.1, 0.15) is 5.84 Å². The van der Waals surface area contributed by atoms with Gasteiger partial charge >= 0.3 is 0 Å². The van der Waals surface area contributed by atoms with Gasteiger partial charge in [-0.2, -0.15) is 0 Å². The number of benzene rings is 1. The van der Waals surface area contributed by atoms with Crippen molar-refractivity contribution in [2.75, 3.05) is 0 Å². The van der Waals surface area contributed by atoms with Crippen molar-refractivity contribution in [2.45, 2.75) is 50.6 Å². The van der Waals surface area contributed by atoms with Crippen LogP contribution < -0.4 is 0 Å². The quantitative estimate of drug-likeness (QED) is 0.802. The highest BCUT2D eigenvalue weighted by Crippen LogP contribution is 2.58. The number of rotatable bonds is 1. The third-order valence-electron chi connectivity index (χ3n) is 6.45. The Labute approximate surface area is 137 Å². The fourth-order valence-electron chi connectivity index (χ4n) is 6.08. The molecule has 4 bridgehead atoms. The summed E-state index contributed by atoms with van der Waals surface area (Å²) < 4.78 is 0. The molecule has 1 aromatic carbocycles. The zero-order valence-corrected chi connectivity index (χ0v) is 14.1. The van der Waals surface area contributed by atoms with E-state index in [1.54, 1.807) is 0 Å². The van der Waals surface area contributed by atoms with E-state index in [4.69, 9.17) is 5.41 Å². The molecule has 1 heterocycles. The molecule has 0 unspecified atom stereocenters. The molecule has 0 atom stereocenters. The molecule has 5 aliphatic rings. The summed E-state index contributed by atoms with van der Waals surface area (Å²) in [6, 6.07) is 8.55. The average Bonchev–Trinajstić information content (AvgIpc) is 2.76. The monoisotopic (exact) mass is 346 g/mol. The highest BCUT2D eigenvalue weighted by molar-refractivity contribution is 8.93. The van der Waals surface area contributed by atoms with Crippen molar-refractivity contribution in [2.24, 2.45) is 17.8 Å². The third kappa shape index (κ3) is 1.86. The maximum absolute atomic E-state index is 8.65. The van der Waals surface area contributed by atoms with E-state index < -0.39 is 0 Å². The summed E-state index contributed by atoms with van der Waals surface area (Å²) in [5.74, 6) is 3.68. The van der Waals surface area contributed by atoms with Crippen LogP contribution in [-0.2, 0) is 6.54 Å². The van der Waals surface area contributed by atoms with Gasteiger partial charge in [0, 0.05) is 17.6 Å². The molecule has 0 saturated heterocycles. The van der Waals surface area contributed by atoms with Crippen molar-refractivity contribution in [1.29, 1.82) is 5.41 Å². The van der Waals surface area contributed by atoms with Crippen molar-refractivity contribution in [3.63, 3.8) is 0 Å². The molecular formula is C18H23BrN2. The lowest BCUT2D eigenvalue weighted by atomic mass is 9.52. The summed E-state index contributed by atoms with van der Waals surface area (Å²) in [6.07, 6.45) is 8.51. The van der Waals surface area contributed by atoms with Gasteiger partial charge in [-0.05, 0) is 61.8 Å². The van der Waals surface area contributed by atoms with Crippen molar-refractivity contribution in [3.8, 4) is 0 Å². The fraction of sp³-hybridized carbons (Fsp3) is 0.611. The van der Waals surface area contributed by atoms with Gasteiger partial charge in [-0.15, -0.1) is 17.0 Å². The van der Waals surface area contributed by atoms with Crippen LogP contribution in [-0.4, -0.2) is 16.3 Å². The van der Waals surface area contributed by atoms with Crippen molar-refractivity contribution in [3.05, 3.63) is 35.4 Å². The molecule has 0 aromatic heterocycles. The van der Waals surface area contributed by atoms with Crippen LogP contribution in [0.5, 0.6) is 0 Å². The summed E-state index contributed by atoms with van der Waals surface area (Å²) in [5.41, 5.74) is 2.89. The highest BCUT2D eigenvalue weighted by Gasteiger charge is 2.55. The van der Waals surface area contributed by atoms with E-state index in [1.165, 1.54) is 49.7 Å². The first-order chi connectivity index (χ1) is 9.73. The Morgan fingerprint density at radius 3 is 2.10 bits per heavy atom. The number of nitrogens with one attached hydrogen (secondary N) is 1. The second-order valence-electron chi connectivity index (χ2n) is 7.73. The smallest absolute Gasteiger partial charge is 0.129 e. The van der Waals surface area contributed by atoms with E-state index in [0.29, 0.717) is 5.54 Å². The lowest BCUT2D eigenvalue weighted by Crippen LogP contribution is -2.59. The molecule has 1 aliphatic heterocycles. The van der Waals surface area contributed by atoms with Gasteiger partial charge in [-0.3, -0.25) is 5.41 Å². The van der Waals surface area contributed by atoms with Crippen molar-refractivity contribution in [1.82, 2.24) is 4.90 Å². The minimum atomic E-state index is 0. The van der Waals surface area contributed by atoms with Gasteiger partial charge in [-0.25, -0.2) is 0 Å². The van der Waals surface area contributed by atoms with E-state index >= 15 is 0 Å². The van der Waals surface area contributed by atoms with E-state index in [1.807, 2.05) is 0 Å². The zero-order valence-electron chi connectivity index (χ0n) is 12.3. The number of hydrogen-bond acceptors (Lipinski definition) is 1. The first-order valence-electron chi connectivity index (χ1n) is 8.18. The second-order valence-corrected chi connectivity index (χ2v) is 7.73. The van der Waals surface area contributed by atoms with Crippen LogP contribution in [0.4, 0.5) is 0 Å². The molecule has 21 heavy (non-hydrogen) atoms. The first-order valence-corrected chi connectivity index (χ1v) is 8.18. The Morgan fingerprint density at radius 2 is 1.52 bits per heavy atom. The number of nitrogens with zero attached hydrogens (tertiary/aromatic N) is 1. The molecule has 1 N–H and O–H groups in total. The predicted molar refractivity (Wildman–Crippen MR) is 90.0 cm³/mol. The summed E-state index contributed by atoms with van der Waals surface area (Å²) in [4.78, 5) is 2.49. The molecule has 3 heteroatoms. The highest BCUT2D eigenvalue weighted by atomic mass is 79.9. The molecule has 4 aliphatic carbocycles. The first kappa shape index (κ1) is 13.8. The normalized spacial score (nSPS) is 39.3. The molecule has 0 spiro atoms. The SMILES string of the molecule is Br.N=C1c2ccccc2CN1C12CC3CC(CC(C3)C1)C2. The fourth-order valence-corrected chi connectivity index (χ4v) is 6.08. The molecule has 1 aromatic rings. The summed E-state index contributed by atoms with van der Waals surface area (Å²) in [6.45, 7) is 0.987. The Morgan fingerprint density at radius 1 is 0.952 bits per heavy atom. The maximum atomic E-state index is 8.65. The Hall–Kier alpha value is -0.830. The van der Waals surface area contributed by atoms with E-state index in [9.17, 15) is 0 Å². The number of halogens is 1. The van der Waals surface area contributed by atoms with Gasteiger partial charge in [0.2, 0.25) is 0 Å². The largest absolute Gasteiger partial charge is 0.347 e. The van der Waals surface area contributed by atoms with Gasteiger partial charge in [-0.1, -0.05) is 24.3 Å². The Kier molecular flexibility index (Phi) is 3.01. The van der Waals surface area contributed by atoms with Crippen LogP contribution in [0.1, 0.15) is 49.7 Å². The topological polar surface area (TPSA) is 27.1 Å². The van der Waals surface area contributed by atoms with Gasteiger partial charge in [0.15, 0.2) is 0 Å². The number of hydrogen-bond donors (Lipinski definition) is 1. The van der Waals surface area contributed by atoms with Gasteiger partial charge < -0.3 is 4.90 Å². The Balaban J connectivity index is 0.00000115. The van der Waals surface area contributed by atoms with Gasteiger partial charge in [0.05, 0.1) is 0 Å². The summed E-state index contributed by atoms with van der Waals surface area (Å²) >= 11 is 0. The Bertz CT molecular complexity index is 559. The minimum absolute atomic E-state index is 0. The lowest BCUT2D eigenvalue weighted by molar-refractivity contribution is -0.0631. The lowest BCUT2D eigenvalue weighted by Gasteiger charge is -2.60. The maximum Gasteiger partial charge on any atom is 0.129 e. The molecule has 2 nitrogen and oxygen atoms in total. The van der Waals surface area contributed by atoms with Crippen LogP contribution in [0, 0.1) is 23.2 Å². The molecule has 0 radical (unpaired) electrons. The van der Waals surface area contributed by atoms with E-state index in [0.717, 1.165) is 30.1 Å². The van der Waals surface area contributed by atoms with Crippen LogP contribution in [0.3, 0.4) is 0 Å². The molecule has 6 rings (SSSR count). The van der Waals surface area contributed by atoms with Gasteiger partial charge in [0.25, 0.3) is 0 Å². The average molecular weight is 347 g/mol. The van der Waals surface area contributed by atoms with Crippen LogP contribution in [0.2, 0.25) is 0 Å². The van der Waals surface area contributed by atoms with Crippen molar-refractivity contribution < 1.29 is 0 Å². The van der Waals surface area contributed by atoms with Crippen molar-refractivity contribution >= 4 is 22.8 Å². The third-order valence-corrected chi connectivity index (χ3v) is 6.45. The standard InChI is InChI=1S/C18H22N2.BrH/c19-17-16-4-2-1-3-15(16)11-20(17)18-8-12-5-13(9-18)7-14(6-12)10-18;/h1-4,12-14,19H,5-11H2;1H. The molecule has 4 fully saturated rings. The van der Waals surface area contributed by atoms with E-state index in [-0.39, 0.29) is 17.0 Å². The molecule has 4 saturated carbocycles. The van der Waals surface area contributed by atoms with Crippen LogP contribution in [0.15, 0.2) is 24.3 Å². The number of fused-ring (bicyclic) bond motifs is 1. The van der Waals surface area contributed by atoms with Crippen LogP contribution >= 0.6 is 17.0 Å². The predicted octanol–water partition coefficient (Wildman–Crippen LogP) is 4.37.